The van der Waals surface area contributed by atoms with Crippen LogP contribution < -0.4 is 0 Å². The lowest BCUT2D eigenvalue weighted by atomic mass is 9.93. The minimum absolute atomic E-state index is 0.372. The molecule has 1 aliphatic carbocycles. The summed E-state index contributed by atoms with van der Waals surface area (Å²) in [6, 6.07) is 5.42. The Bertz CT molecular complexity index is 392. The molecule has 1 aromatic carbocycles. The largest absolute Gasteiger partial charge is 0.388 e. The van der Waals surface area contributed by atoms with Crippen LogP contribution in [0.1, 0.15) is 44.3 Å². The van der Waals surface area contributed by atoms with Crippen molar-refractivity contribution >= 4 is 23.2 Å². The van der Waals surface area contributed by atoms with E-state index in [1.807, 2.05) is 6.07 Å². The monoisotopic (exact) mass is 272 g/mol. The van der Waals surface area contributed by atoms with E-state index in [1.165, 1.54) is 12.8 Å². The van der Waals surface area contributed by atoms with E-state index in [-0.39, 0.29) is 0 Å². The molecule has 17 heavy (non-hydrogen) atoms. The normalized spacial score (nSPS) is 26.1. The molecule has 1 fully saturated rings. The van der Waals surface area contributed by atoms with E-state index in [2.05, 4.69) is 6.92 Å². The molecule has 0 bridgehead atoms. The first kappa shape index (κ1) is 13.2. The molecule has 0 spiro atoms. The third-order valence-electron chi connectivity index (χ3n) is 3.89. The third-order valence-corrected chi connectivity index (χ3v) is 4.63. The average Bonchev–Trinajstić information content (AvgIpc) is 2.80. The summed E-state index contributed by atoms with van der Waals surface area (Å²) < 4.78 is 0. The number of aliphatic hydroxyl groups is 1. The van der Waals surface area contributed by atoms with Gasteiger partial charge in [0.2, 0.25) is 0 Å². The lowest BCUT2D eigenvalue weighted by Crippen LogP contribution is -2.09. The average molecular weight is 273 g/mol. The van der Waals surface area contributed by atoms with Crippen LogP contribution in [0, 0.1) is 11.8 Å². The predicted octanol–water partition coefficient (Wildman–Crippen LogP) is 4.85. The van der Waals surface area contributed by atoms with Gasteiger partial charge in [-0.25, -0.2) is 0 Å². The molecule has 3 atom stereocenters. The Labute approximate surface area is 113 Å². The van der Waals surface area contributed by atoms with Crippen LogP contribution in [0.4, 0.5) is 0 Å². The van der Waals surface area contributed by atoms with Crippen molar-refractivity contribution in [3.05, 3.63) is 33.8 Å². The second-order valence-electron chi connectivity index (χ2n) is 4.97. The summed E-state index contributed by atoms with van der Waals surface area (Å²) >= 11 is 11.9. The fourth-order valence-electron chi connectivity index (χ4n) is 2.74. The molecule has 1 N–H and O–H groups in total. The number of benzene rings is 1. The molecule has 3 heteroatoms. The highest BCUT2D eigenvalue weighted by Gasteiger charge is 2.29. The minimum atomic E-state index is -0.402. The van der Waals surface area contributed by atoms with Crippen molar-refractivity contribution in [2.45, 2.75) is 38.7 Å². The zero-order chi connectivity index (χ0) is 12.4. The topological polar surface area (TPSA) is 20.2 Å². The highest BCUT2D eigenvalue weighted by molar-refractivity contribution is 6.42. The van der Waals surface area contributed by atoms with Crippen LogP contribution in [0.25, 0.3) is 0 Å². The summed E-state index contributed by atoms with van der Waals surface area (Å²) in [6.07, 6.45) is 4.28. The quantitative estimate of drug-likeness (QED) is 0.834. The molecule has 0 heterocycles. The van der Waals surface area contributed by atoms with E-state index >= 15 is 0 Å². The van der Waals surface area contributed by atoms with Crippen molar-refractivity contribution in [2.24, 2.45) is 11.8 Å². The summed E-state index contributed by atoms with van der Waals surface area (Å²) in [5, 5.41) is 11.4. The van der Waals surface area contributed by atoms with Crippen LogP contribution in [-0.4, -0.2) is 5.11 Å². The highest BCUT2D eigenvalue weighted by atomic mass is 35.5. The van der Waals surface area contributed by atoms with Gasteiger partial charge in [0.25, 0.3) is 0 Å². The van der Waals surface area contributed by atoms with Gasteiger partial charge in [0.15, 0.2) is 0 Å². The molecule has 0 aromatic heterocycles. The maximum atomic E-state index is 10.3. The molecule has 1 aliphatic rings. The summed E-state index contributed by atoms with van der Waals surface area (Å²) in [7, 11) is 0. The third kappa shape index (κ3) is 2.96. The maximum absolute atomic E-state index is 10.3. The first-order valence-electron chi connectivity index (χ1n) is 6.24. The summed E-state index contributed by atoms with van der Waals surface area (Å²) in [4.78, 5) is 0. The van der Waals surface area contributed by atoms with Crippen molar-refractivity contribution in [3.63, 3.8) is 0 Å². The summed E-state index contributed by atoms with van der Waals surface area (Å²) in [6.45, 7) is 2.22. The minimum Gasteiger partial charge on any atom is -0.388 e. The van der Waals surface area contributed by atoms with Crippen LogP contribution in [0.3, 0.4) is 0 Å². The van der Waals surface area contributed by atoms with Crippen LogP contribution in [0.2, 0.25) is 10.0 Å². The molecular weight excluding hydrogens is 255 g/mol. The molecule has 94 valence electrons. The fraction of sp³-hybridized carbons (Fsp3) is 0.571. The van der Waals surface area contributed by atoms with Crippen molar-refractivity contribution in [1.29, 1.82) is 0 Å². The smallest absolute Gasteiger partial charge is 0.0818 e. The van der Waals surface area contributed by atoms with Gasteiger partial charge in [-0.15, -0.1) is 0 Å². The molecule has 2 rings (SSSR count). The maximum Gasteiger partial charge on any atom is 0.0818 e. The second-order valence-corrected chi connectivity index (χ2v) is 5.78. The Balaban J connectivity index is 2.09. The van der Waals surface area contributed by atoms with E-state index in [9.17, 15) is 5.11 Å². The van der Waals surface area contributed by atoms with E-state index in [0.717, 1.165) is 24.3 Å². The van der Waals surface area contributed by atoms with Gasteiger partial charge in [0, 0.05) is 0 Å². The standard InChI is InChI=1S/C14H18Cl2O/c1-2-9-3-4-10(7-9)14(17)11-5-6-12(15)13(16)8-11/h5-6,8-10,14,17H,2-4,7H2,1H3. The van der Waals surface area contributed by atoms with Gasteiger partial charge in [-0.05, 0) is 42.4 Å². The molecule has 1 nitrogen and oxygen atoms in total. The van der Waals surface area contributed by atoms with Crippen LogP contribution in [0.15, 0.2) is 18.2 Å². The number of hydrogen-bond donors (Lipinski definition) is 1. The van der Waals surface area contributed by atoms with Gasteiger partial charge in [-0.2, -0.15) is 0 Å². The Morgan fingerprint density at radius 1 is 1.29 bits per heavy atom. The Morgan fingerprint density at radius 2 is 2.06 bits per heavy atom. The Morgan fingerprint density at radius 3 is 2.65 bits per heavy atom. The van der Waals surface area contributed by atoms with Gasteiger partial charge in [-0.3, -0.25) is 0 Å². The van der Waals surface area contributed by atoms with Crippen molar-refractivity contribution in [3.8, 4) is 0 Å². The van der Waals surface area contributed by atoms with Crippen molar-refractivity contribution in [1.82, 2.24) is 0 Å². The first-order chi connectivity index (χ1) is 8.11. The van der Waals surface area contributed by atoms with Crippen LogP contribution in [-0.2, 0) is 0 Å². The van der Waals surface area contributed by atoms with Gasteiger partial charge in [0.05, 0.1) is 16.1 Å². The van der Waals surface area contributed by atoms with E-state index in [4.69, 9.17) is 23.2 Å². The van der Waals surface area contributed by atoms with Gasteiger partial charge in [0.1, 0.15) is 0 Å². The number of halogens is 2. The highest BCUT2D eigenvalue weighted by Crippen LogP contribution is 2.41. The summed E-state index contributed by atoms with van der Waals surface area (Å²) in [5.74, 6) is 1.15. The number of rotatable bonds is 3. The number of aliphatic hydroxyl groups excluding tert-OH is 1. The fourth-order valence-corrected chi connectivity index (χ4v) is 3.05. The zero-order valence-corrected chi connectivity index (χ0v) is 11.5. The van der Waals surface area contributed by atoms with Gasteiger partial charge in [-0.1, -0.05) is 49.0 Å². The van der Waals surface area contributed by atoms with E-state index < -0.39 is 6.10 Å². The lowest BCUT2D eigenvalue weighted by molar-refractivity contribution is 0.109. The molecule has 3 unspecified atom stereocenters. The predicted molar refractivity (Wildman–Crippen MR) is 72.5 cm³/mol. The molecule has 0 amide bonds. The SMILES string of the molecule is CCC1CCC(C(O)c2ccc(Cl)c(Cl)c2)C1. The van der Waals surface area contributed by atoms with Gasteiger partial charge >= 0.3 is 0 Å². The van der Waals surface area contributed by atoms with Crippen LogP contribution in [0.5, 0.6) is 0 Å². The van der Waals surface area contributed by atoms with E-state index in [0.29, 0.717) is 16.0 Å². The molecule has 0 radical (unpaired) electrons. The first-order valence-corrected chi connectivity index (χ1v) is 7.00. The Kier molecular flexibility index (Phi) is 4.35. The second kappa shape index (κ2) is 5.60. The van der Waals surface area contributed by atoms with Crippen molar-refractivity contribution in [2.75, 3.05) is 0 Å². The molecule has 0 saturated heterocycles. The Hall–Kier alpha value is -0.240. The number of hydrogen-bond acceptors (Lipinski definition) is 1. The summed E-state index contributed by atoms with van der Waals surface area (Å²) in [5.41, 5.74) is 0.890. The zero-order valence-electron chi connectivity index (χ0n) is 10.00. The van der Waals surface area contributed by atoms with Crippen molar-refractivity contribution < 1.29 is 5.11 Å². The molecule has 1 aromatic rings. The molecule has 1 saturated carbocycles. The lowest BCUT2D eigenvalue weighted by Gasteiger charge is -2.19. The van der Waals surface area contributed by atoms with Crippen LogP contribution >= 0.6 is 23.2 Å². The van der Waals surface area contributed by atoms with Gasteiger partial charge < -0.3 is 5.11 Å². The molecule has 0 aliphatic heterocycles. The molecular formula is C14H18Cl2O. The van der Waals surface area contributed by atoms with E-state index in [1.54, 1.807) is 12.1 Å².